The van der Waals surface area contributed by atoms with E-state index in [4.69, 9.17) is 5.73 Å². The monoisotopic (exact) mass is 225 g/mol. The van der Waals surface area contributed by atoms with Crippen LogP contribution in [0.3, 0.4) is 0 Å². The molecule has 1 aliphatic carbocycles. The van der Waals surface area contributed by atoms with Crippen molar-refractivity contribution in [2.75, 3.05) is 19.6 Å². The van der Waals surface area contributed by atoms with Gasteiger partial charge in [-0.2, -0.15) is 0 Å². The molecule has 0 aromatic heterocycles. The number of nitrogens with two attached hydrogens (primary N) is 1. The molecule has 1 saturated carbocycles. The molecule has 0 aromatic carbocycles. The minimum absolute atomic E-state index is 0.0763. The molecule has 0 aromatic rings. The van der Waals surface area contributed by atoms with Crippen molar-refractivity contribution in [3.05, 3.63) is 0 Å². The predicted molar refractivity (Wildman–Crippen MR) is 59.5 cm³/mol. The van der Waals surface area contributed by atoms with Gasteiger partial charge in [0.2, 0.25) is 11.8 Å². The molecule has 2 fully saturated rings. The molecule has 5 heteroatoms. The van der Waals surface area contributed by atoms with Gasteiger partial charge in [0.25, 0.3) is 0 Å². The number of amides is 2. The third-order valence-corrected chi connectivity index (χ3v) is 3.67. The van der Waals surface area contributed by atoms with Crippen LogP contribution in [0.1, 0.15) is 20.3 Å². The highest BCUT2D eigenvalue weighted by atomic mass is 16.2. The Labute approximate surface area is 95.3 Å². The van der Waals surface area contributed by atoms with Gasteiger partial charge in [-0.25, -0.2) is 0 Å². The SMILES string of the molecule is CC1(C)CC1C(=O)N1CCNCC1C(N)=O. The lowest BCUT2D eigenvalue weighted by Gasteiger charge is -2.34. The number of carbonyl (C=O) groups excluding carboxylic acids is 2. The van der Waals surface area contributed by atoms with E-state index in [-0.39, 0.29) is 17.2 Å². The van der Waals surface area contributed by atoms with Gasteiger partial charge in [0.15, 0.2) is 0 Å². The molecule has 16 heavy (non-hydrogen) atoms. The summed E-state index contributed by atoms with van der Waals surface area (Å²) in [5, 5.41) is 3.09. The van der Waals surface area contributed by atoms with Crippen LogP contribution in [0.2, 0.25) is 0 Å². The molecule has 2 atom stereocenters. The van der Waals surface area contributed by atoms with E-state index in [9.17, 15) is 9.59 Å². The Bertz CT molecular complexity index is 327. The molecule has 3 N–H and O–H groups in total. The van der Waals surface area contributed by atoms with E-state index in [0.29, 0.717) is 13.1 Å². The number of hydrogen-bond donors (Lipinski definition) is 2. The summed E-state index contributed by atoms with van der Waals surface area (Å²) in [5.41, 5.74) is 5.41. The average molecular weight is 225 g/mol. The van der Waals surface area contributed by atoms with Crippen molar-refractivity contribution in [2.24, 2.45) is 17.1 Å². The molecule has 0 radical (unpaired) electrons. The molecule has 2 amide bonds. The number of piperazine rings is 1. The summed E-state index contributed by atoms with van der Waals surface area (Å²) >= 11 is 0. The van der Waals surface area contributed by atoms with Crippen LogP contribution in [-0.4, -0.2) is 42.4 Å². The summed E-state index contributed by atoms with van der Waals surface area (Å²) < 4.78 is 0. The Morgan fingerprint density at radius 1 is 1.44 bits per heavy atom. The van der Waals surface area contributed by atoms with E-state index in [1.807, 2.05) is 0 Å². The Morgan fingerprint density at radius 2 is 2.06 bits per heavy atom. The van der Waals surface area contributed by atoms with Crippen LogP contribution in [-0.2, 0) is 9.59 Å². The zero-order valence-electron chi connectivity index (χ0n) is 9.82. The molecule has 2 aliphatic rings. The highest BCUT2D eigenvalue weighted by Gasteiger charge is 2.53. The first kappa shape index (κ1) is 11.4. The Morgan fingerprint density at radius 3 is 2.56 bits per heavy atom. The predicted octanol–water partition coefficient (Wildman–Crippen LogP) is -0.682. The minimum Gasteiger partial charge on any atom is -0.368 e. The average Bonchev–Trinajstić information content (AvgIpc) is 2.86. The molecule has 0 spiro atoms. The molecule has 1 saturated heterocycles. The van der Waals surface area contributed by atoms with Crippen LogP contribution >= 0.6 is 0 Å². The molecular formula is C11H19N3O2. The van der Waals surface area contributed by atoms with Crippen LogP contribution < -0.4 is 11.1 Å². The van der Waals surface area contributed by atoms with Crippen LogP contribution in [0.25, 0.3) is 0 Å². The molecular weight excluding hydrogens is 206 g/mol. The van der Waals surface area contributed by atoms with Gasteiger partial charge in [-0.15, -0.1) is 0 Å². The van der Waals surface area contributed by atoms with E-state index in [2.05, 4.69) is 19.2 Å². The van der Waals surface area contributed by atoms with Gasteiger partial charge >= 0.3 is 0 Å². The van der Waals surface area contributed by atoms with Crippen molar-refractivity contribution >= 4 is 11.8 Å². The number of carbonyl (C=O) groups is 2. The molecule has 5 nitrogen and oxygen atoms in total. The highest BCUT2D eigenvalue weighted by Crippen LogP contribution is 2.52. The number of nitrogens with one attached hydrogen (secondary N) is 1. The smallest absolute Gasteiger partial charge is 0.241 e. The summed E-state index contributed by atoms with van der Waals surface area (Å²) in [7, 11) is 0. The van der Waals surface area contributed by atoms with Crippen molar-refractivity contribution in [1.29, 1.82) is 0 Å². The van der Waals surface area contributed by atoms with Gasteiger partial charge in [0, 0.05) is 25.6 Å². The van der Waals surface area contributed by atoms with E-state index >= 15 is 0 Å². The second kappa shape index (κ2) is 3.73. The Kier molecular flexibility index (Phi) is 2.66. The number of primary amides is 1. The maximum absolute atomic E-state index is 12.2. The van der Waals surface area contributed by atoms with E-state index in [0.717, 1.165) is 13.0 Å². The Balaban J connectivity index is 2.06. The summed E-state index contributed by atoms with van der Waals surface area (Å²) in [5.74, 6) is -0.248. The maximum atomic E-state index is 12.2. The van der Waals surface area contributed by atoms with Crippen molar-refractivity contribution in [3.63, 3.8) is 0 Å². The quantitative estimate of drug-likeness (QED) is 0.653. The number of hydrogen-bond acceptors (Lipinski definition) is 3. The summed E-state index contributed by atoms with van der Waals surface area (Å²) in [6.45, 7) is 5.96. The van der Waals surface area contributed by atoms with E-state index < -0.39 is 11.9 Å². The standard InChI is InChI=1S/C11H19N3O2/c1-11(2)5-7(11)10(16)14-4-3-13-6-8(14)9(12)15/h7-8,13H,3-6H2,1-2H3,(H2,12,15). The van der Waals surface area contributed by atoms with Crippen molar-refractivity contribution < 1.29 is 9.59 Å². The molecule has 2 unspecified atom stereocenters. The lowest BCUT2D eigenvalue weighted by molar-refractivity contribution is -0.142. The number of nitrogens with zero attached hydrogens (tertiary/aromatic N) is 1. The third kappa shape index (κ3) is 1.91. The Hall–Kier alpha value is -1.10. The largest absolute Gasteiger partial charge is 0.368 e. The fourth-order valence-electron chi connectivity index (χ4n) is 2.31. The van der Waals surface area contributed by atoms with Crippen molar-refractivity contribution in [3.8, 4) is 0 Å². The minimum atomic E-state index is -0.474. The van der Waals surface area contributed by atoms with Crippen molar-refractivity contribution in [1.82, 2.24) is 10.2 Å². The van der Waals surface area contributed by atoms with Gasteiger partial charge in [-0.1, -0.05) is 13.8 Å². The third-order valence-electron chi connectivity index (χ3n) is 3.67. The normalized spacial score (nSPS) is 32.2. The van der Waals surface area contributed by atoms with Crippen LogP contribution in [0.15, 0.2) is 0 Å². The van der Waals surface area contributed by atoms with Gasteiger partial charge in [-0.3, -0.25) is 9.59 Å². The summed E-state index contributed by atoms with van der Waals surface area (Å²) in [6, 6.07) is -0.474. The zero-order valence-corrected chi connectivity index (χ0v) is 9.82. The summed E-state index contributed by atoms with van der Waals surface area (Å²) in [6.07, 6.45) is 0.918. The van der Waals surface area contributed by atoms with Gasteiger partial charge in [0.1, 0.15) is 6.04 Å². The first-order chi connectivity index (χ1) is 7.43. The lowest BCUT2D eigenvalue weighted by atomic mass is 10.1. The fourth-order valence-corrected chi connectivity index (χ4v) is 2.31. The topological polar surface area (TPSA) is 75.4 Å². The zero-order chi connectivity index (χ0) is 11.9. The molecule has 0 bridgehead atoms. The summed E-state index contributed by atoms with van der Waals surface area (Å²) in [4.78, 5) is 25.1. The first-order valence-corrected chi connectivity index (χ1v) is 5.74. The number of rotatable bonds is 2. The highest BCUT2D eigenvalue weighted by molar-refractivity contribution is 5.89. The van der Waals surface area contributed by atoms with Crippen LogP contribution in [0, 0.1) is 11.3 Å². The molecule has 2 rings (SSSR count). The van der Waals surface area contributed by atoms with Gasteiger partial charge in [-0.05, 0) is 11.8 Å². The fraction of sp³-hybridized carbons (Fsp3) is 0.818. The molecule has 1 aliphatic heterocycles. The van der Waals surface area contributed by atoms with Crippen LogP contribution in [0.4, 0.5) is 0 Å². The van der Waals surface area contributed by atoms with Crippen molar-refractivity contribution in [2.45, 2.75) is 26.3 Å². The van der Waals surface area contributed by atoms with E-state index in [1.54, 1.807) is 4.90 Å². The van der Waals surface area contributed by atoms with E-state index in [1.165, 1.54) is 0 Å². The van der Waals surface area contributed by atoms with Gasteiger partial charge in [0.05, 0.1) is 0 Å². The van der Waals surface area contributed by atoms with Crippen LogP contribution in [0.5, 0.6) is 0 Å². The van der Waals surface area contributed by atoms with Gasteiger partial charge < -0.3 is 16.0 Å². The maximum Gasteiger partial charge on any atom is 0.241 e. The lowest BCUT2D eigenvalue weighted by Crippen LogP contribution is -2.59. The molecule has 1 heterocycles. The first-order valence-electron chi connectivity index (χ1n) is 5.74. The second-order valence-corrected chi connectivity index (χ2v) is 5.40. The second-order valence-electron chi connectivity index (χ2n) is 5.40. The molecule has 90 valence electrons.